The molecule has 2 aliphatic rings. The van der Waals surface area contributed by atoms with E-state index < -0.39 is 11.9 Å². The third kappa shape index (κ3) is 2.78. The van der Waals surface area contributed by atoms with Gasteiger partial charge in [-0.25, -0.2) is 4.79 Å². The lowest BCUT2D eigenvalue weighted by atomic mass is 10.1. The van der Waals surface area contributed by atoms with Gasteiger partial charge in [-0.15, -0.1) is 0 Å². The minimum atomic E-state index is -0.692. The van der Waals surface area contributed by atoms with Crippen LogP contribution in [0.15, 0.2) is 16.9 Å². The summed E-state index contributed by atoms with van der Waals surface area (Å²) in [5.74, 6) is -0.0338. The first-order chi connectivity index (χ1) is 13.0. The zero-order valence-corrected chi connectivity index (χ0v) is 15.4. The molecule has 144 valence electrons. The fraction of sp³-hybridized carbons (Fsp3) is 0.500. The van der Waals surface area contributed by atoms with Gasteiger partial charge < -0.3 is 15.0 Å². The summed E-state index contributed by atoms with van der Waals surface area (Å²) in [6.45, 7) is 3.29. The molecule has 27 heavy (non-hydrogen) atoms. The average Bonchev–Trinajstić information content (AvgIpc) is 2.93. The second-order valence-corrected chi connectivity index (χ2v) is 6.90. The molecule has 3 heterocycles. The van der Waals surface area contributed by atoms with E-state index >= 15 is 0 Å². The molecular formula is C18H23N5O4. The summed E-state index contributed by atoms with van der Waals surface area (Å²) in [5.41, 5.74) is 2.00. The van der Waals surface area contributed by atoms with Crippen LogP contribution in [0, 0.1) is 0 Å². The minimum absolute atomic E-state index is 0.222. The number of ether oxygens (including phenoxy) is 1. The highest BCUT2D eigenvalue weighted by molar-refractivity contribution is 6.01. The predicted octanol–water partition coefficient (Wildman–Crippen LogP) is -0.264. The van der Waals surface area contributed by atoms with Crippen molar-refractivity contribution in [3.05, 3.63) is 22.6 Å². The summed E-state index contributed by atoms with van der Waals surface area (Å²) in [5, 5.41) is 5.66. The number of nitrogens with zero attached hydrogens (tertiary/aromatic N) is 3. The van der Waals surface area contributed by atoms with Gasteiger partial charge in [0.25, 0.3) is 0 Å². The number of aromatic nitrogens is 2. The Kier molecular flexibility index (Phi) is 4.39. The Morgan fingerprint density at radius 2 is 1.89 bits per heavy atom. The summed E-state index contributed by atoms with van der Waals surface area (Å²) in [6.07, 6.45) is 0.540. The lowest BCUT2D eigenvalue weighted by molar-refractivity contribution is -0.135. The Hall–Kier alpha value is -2.81. The normalized spacial score (nSPS) is 20.8. The second-order valence-electron chi connectivity index (χ2n) is 6.90. The van der Waals surface area contributed by atoms with Crippen molar-refractivity contribution in [2.75, 3.05) is 38.2 Å². The monoisotopic (exact) mass is 373 g/mol. The van der Waals surface area contributed by atoms with E-state index in [-0.39, 0.29) is 18.0 Å². The van der Waals surface area contributed by atoms with Crippen LogP contribution in [0.3, 0.4) is 0 Å². The third-order valence-electron chi connectivity index (χ3n) is 5.36. The molecule has 2 aromatic rings. The first kappa shape index (κ1) is 17.6. The summed E-state index contributed by atoms with van der Waals surface area (Å²) in [4.78, 5) is 39.1. The molecule has 0 radical (unpaired) electrons. The summed E-state index contributed by atoms with van der Waals surface area (Å²) in [6, 6.07) is 2.95. The fourth-order valence-corrected chi connectivity index (χ4v) is 4.02. The van der Waals surface area contributed by atoms with Crippen molar-refractivity contribution in [1.29, 1.82) is 0 Å². The van der Waals surface area contributed by atoms with Crippen molar-refractivity contribution in [3.63, 3.8) is 0 Å². The van der Waals surface area contributed by atoms with E-state index in [0.717, 1.165) is 37.4 Å². The topological polar surface area (TPSA) is 97.6 Å². The average molecular weight is 373 g/mol. The van der Waals surface area contributed by atoms with Crippen molar-refractivity contribution >= 4 is 28.5 Å². The number of benzene rings is 1. The molecule has 1 atom stereocenters. The van der Waals surface area contributed by atoms with Crippen molar-refractivity contribution in [1.82, 2.24) is 19.8 Å². The summed E-state index contributed by atoms with van der Waals surface area (Å²) < 4.78 is 8.65. The summed E-state index contributed by atoms with van der Waals surface area (Å²) in [7, 11) is 3.32. The molecule has 9 heteroatoms. The Morgan fingerprint density at radius 3 is 2.56 bits per heavy atom. The number of aryl methyl sites for hydroxylation is 1. The largest absolute Gasteiger partial charge is 0.494 e. The number of imide groups is 1. The van der Waals surface area contributed by atoms with E-state index in [1.165, 1.54) is 4.57 Å². The fourth-order valence-electron chi connectivity index (χ4n) is 4.02. The molecule has 2 fully saturated rings. The third-order valence-corrected chi connectivity index (χ3v) is 5.36. The summed E-state index contributed by atoms with van der Waals surface area (Å²) >= 11 is 0. The molecular weight excluding hydrogens is 350 g/mol. The molecule has 0 saturated carbocycles. The number of piperazine rings is 1. The number of hydrogen-bond acceptors (Lipinski definition) is 6. The minimum Gasteiger partial charge on any atom is -0.494 e. The molecule has 0 aliphatic carbocycles. The van der Waals surface area contributed by atoms with Crippen LogP contribution >= 0.6 is 0 Å². The van der Waals surface area contributed by atoms with Crippen LogP contribution in [-0.2, 0) is 16.6 Å². The second kappa shape index (κ2) is 6.73. The van der Waals surface area contributed by atoms with Gasteiger partial charge in [0.15, 0.2) is 0 Å². The van der Waals surface area contributed by atoms with Crippen LogP contribution < -0.4 is 26.0 Å². The number of nitrogens with one attached hydrogen (secondary N) is 2. The van der Waals surface area contributed by atoms with Gasteiger partial charge in [0.1, 0.15) is 17.5 Å². The van der Waals surface area contributed by atoms with Gasteiger partial charge in [0, 0.05) is 39.6 Å². The van der Waals surface area contributed by atoms with E-state index in [1.54, 1.807) is 18.7 Å². The first-order valence-corrected chi connectivity index (χ1v) is 9.10. The maximum atomic E-state index is 13.0. The van der Waals surface area contributed by atoms with E-state index in [9.17, 15) is 14.4 Å². The number of carbonyl (C=O) groups excluding carboxylic acids is 2. The van der Waals surface area contributed by atoms with Crippen LogP contribution in [0.5, 0.6) is 5.75 Å². The SMILES string of the molecule is COc1ccc2c(c1N1CCNCC1)n(C)c(=O)n2C1CCC(=O)NC1=O. The Bertz CT molecular complexity index is 970. The molecule has 4 rings (SSSR count). The van der Waals surface area contributed by atoms with Crippen molar-refractivity contribution in [2.45, 2.75) is 18.9 Å². The number of piperidine rings is 1. The number of fused-ring (bicyclic) bond motifs is 1. The Balaban J connectivity index is 1.93. The molecule has 2 aliphatic heterocycles. The molecule has 1 aromatic carbocycles. The molecule has 0 spiro atoms. The maximum Gasteiger partial charge on any atom is 0.329 e. The van der Waals surface area contributed by atoms with Crippen LogP contribution in [0.2, 0.25) is 0 Å². The number of amides is 2. The smallest absolute Gasteiger partial charge is 0.329 e. The Morgan fingerprint density at radius 1 is 1.15 bits per heavy atom. The standard InChI is InChI=1S/C18H23N5O4/c1-21-15-11(23(18(21)26)12-4-6-14(24)20-17(12)25)3-5-13(27-2)16(15)22-9-7-19-8-10-22/h3,5,12,19H,4,6-10H2,1-2H3,(H,20,24,25). The molecule has 1 unspecified atom stereocenters. The number of anilines is 1. The van der Waals surface area contributed by atoms with E-state index in [1.807, 2.05) is 12.1 Å². The van der Waals surface area contributed by atoms with Gasteiger partial charge in [0.05, 0.1) is 18.1 Å². The number of rotatable bonds is 3. The van der Waals surface area contributed by atoms with E-state index in [2.05, 4.69) is 15.5 Å². The molecule has 0 bridgehead atoms. The van der Waals surface area contributed by atoms with E-state index in [0.29, 0.717) is 17.7 Å². The first-order valence-electron chi connectivity index (χ1n) is 9.10. The van der Waals surface area contributed by atoms with Gasteiger partial charge in [0.2, 0.25) is 11.8 Å². The number of hydrogen-bond donors (Lipinski definition) is 2. The lowest BCUT2D eigenvalue weighted by Gasteiger charge is -2.31. The molecule has 2 N–H and O–H groups in total. The van der Waals surface area contributed by atoms with Crippen LogP contribution in [0.25, 0.3) is 11.0 Å². The van der Waals surface area contributed by atoms with Gasteiger partial charge in [-0.2, -0.15) is 0 Å². The van der Waals surface area contributed by atoms with Gasteiger partial charge in [-0.1, -0.05) is 0 Å². The molecule has 1 aromatic heterocycles. The highest BCUT2D eigenvalue weighted by atomic mass is 16.5. The molecule has 2 saturated heterocycles. The van der Waals surface area contributed by atoms with Crippen molar-refractivity contribution in [3.8, 4) is 5.75 Å². The number of carbonyl (C=O) groups is 2. The lowest BCUT2D eigenvalue weighted by Crippen LogP contribution is -2.44. The van der Waals surface area contributed by atoms with Gasteiger partial charge in [-0.3, -0.25) is 24.0 Å². The predicted molar refractivity (Wildman–Crippen MR) is 100 cm³/mol. The van der Waals surface area contributed by atoms with Crippen LogP contribution in [-0.4, -0.2) is 54.2 Å². The van der Waals surface area contributed by atoms with E-state index in [4.69, 9.17) is 4.74 Å². The van der Waals surface area contributed by atoms with Gasteiger partial charge >= 0.3 is 5.69 Å². The van der Waals surface area contributed by atoms with Crippen LogP contribution in [0.4, 0.5) is 5.69 Å². The zero-order valence-electron chi connectivity index (χ0n) is 15.4. The molecule has 2 amide bonds. The highest BCUT2D eigenvalue weighted by Gasteiger charge is 2.32. The van der Waals surface area contributed by atoms with Crippen molar-refractivity contribution in [2.24, 2.45) is 7.05 Å². The van der Waals surface area contributed by atoms with Crippen LogP contribution in [0.1, 0.15) is 18.9 Å². The quantitative estimate of drug-likeness (QED) is 0.720. The maximum absolute atomic E-state index is 13.0. The zero-order chi connectivity index (χ0) is 19.1. The number of methoxy groups -OCH3 is 1. The van der Waals surface area contributed by atoms with Crippen molar-refractivity contribution < 1.29 is 14.3 Å². The number of imidazole rings is 1. The van der Waals surface area contributed by atoms with Gasteiger partial charge in [-0.05, 0) is 18.6 Å². The molecule has 9 nitrogen and oxygen atoms in total. The Labute approximate surface area is 155 Å². The highest BCUT2D eigenvalue weighted by Crippen LogP contribution is 2.37.